The lowest BCUT2D eigenvalue weighted by atomic mass is 10.1. The van der Waals surface area contributed by atoms with Gasteiger partial charge in [0.1, 0.15) is 17.3 Å². The molecular formula is C19H19FN2O2. The number of methoxy groups -OCH3 is 1. The van der Waals surface area contributed by atoms with Crippen molar-refractivity contribution in [2.24, 2.45) is 0 Å². The summed E-state index contributed by atoms with van der Waals surface area (Å²) in [6.07, 6.45) is 0.705. The van der Waals surface area contributed by atoms with E-state index in [0.717, 1.165) is 27.8 Å². The molecule has 2 aromatic carbocycles. The largest absolute Gasteiger partial charge is 0.497 e. The molecule has 2 N–H and O–H groups in total. The molecule has 0 aliphatic carbocycles. The van der Waals surface area contributed by atoms with E-state index in [9.17, 15) is 9.18 Å². The van der Waals surface area contributed by atoms with Crippen molar-refractivity contribution in [3.8, 4) is 5.75 Å². The number of ether oxygens (including phenoxy) is 1. The first-order valence-electron chi connectivity index (χ1n) is 7.77. The number of fused-ring (bicyclic) bond motifs is 1. The summed E-state index contributed by atoms with van der Waals surface area (Å²) < 4.78 is 18.5. The highest BCUT2D eigenvalue weighted by Crippen LogP contribution is 2.22. The molecule has 1 heterocycles. The fourth-order valence-corrected chi connectivity index (χ4v) is 2.76. The van der Waals surface area contributed by atoms with E-state index in [4.69, 9.17) is 4.74 Å². The SMILES string of the molecule is COc1cccc(CCNC(=O)c2[nH]c3ccc(F)cc3c2C)c1. The van der Waals surface area contributed by atoms with E-state index < -0.39 is 0 Å². The van der Waals surface area contributed by atoms with E-state index in [-0.39, 0.29) is 11.7 Å². The minimum Gasteiger partial charge on any atom is -0.497 e. The number of benzene rings is 2. The second-order valence-corrected chi connectivity index (χ2v) is 5.67. The summed E-state index contributed by atoms with van der Waals surface area (Å²) in [5, 5.41) is 3.63. The maximum absolute atomic E-state index is 13.4. The van der Waals surface area contributed by atoms with E-state index in [1.807, 2.05) is 31.2 Å². The van der Waals surface area contributed by atoms with Crippen LogP contribution in [0.4, 0.5) is 4.39 Å². The van der Waals surface area contributed by atoms with Gasteiger partial charge in [0.25, 0.3) is 5.91 Å². The number of aromatic nitrogens is 1. The lowest BCUT2D eigenvalue weighted by Crippen LogP contribution is -2.26. The van der Waals surface area contributed by atoms with Crippen LogP contribution in [0.2, 0.25) is 0 Å². The minimum absolute atomic E-state index is 0.188. The van der Waals surface area contributed by atoms with Gasteiger partial charge in [-0.1, -0.05) is 12.1 Å². The summed E-state index contributed by atoms with van der Waals surface area (Å²) in [5.74, 6) is 0.300. The summed E-state index contributed by atoms with van der Waals surface area (Å²) in [7, 11) is 1.63. The van der Waals surface area contributed by atoms with Gasteiger partial charge in [0, 0.05) is 17.4 Å². The second-order valence-electron chi connectivity index (χ2n) is 5.67. The van der Waals surface area contributed by atoms with Crippen molar-refractivity contribution in [1.82, 2.24) is 10.3 Å². The molecule has 0 saturated carbocycles. The third-order valence-electron chi connectivity index (χ3n) is 4.08. The first kappa shape index (κ1) is 16.1. The van der Waals surface area contributed by atoms with Gasteiger partial charge in [-0.25, -0.2) is 4.39 Å². The molecule has 0 aliphatic heterocycles. The molecule has 0 saturated heterocycles. The lowest BCUT2D eigenvalue weighted by Gasteiger charge is -2.06. The average molecular weight is 326 g/mol. The first-order valence-corrected chi connectivity index (χ1v) is 7.77. The van der Waals surface area contributed by atoms with E-state index in [2.05, 4.69) is 10.3 Å². The van der Waals surface area contributed by atoms with Crippen LogP contribution in [0.15, 0.2) is 42.5 Å². The number of halogens is 1. The molecule has 3 aromatic rings. The monoisotopic (exact) mass is 326 g/mol. The van der Waals surface area contributed by atoms with Crippen LogP contribution in [0.5, 0.6) is 5.75 Å². The van der Waals surface area contributed by atoms with Crippen molar-refractivity contribution in [2.75, 3.05) is 13.7 Å². The standard InChI is InChI=1S/C19H19FN2O2/c1-12-16-11-14(20)6-7-17(16)22-18(12)19(23)21-9-8-13-4-3-5-15(10-13)24-2/h3-7,10-11,22H,8-9H2,1-2H3,(H,21,23). The van der Waals surface area contributed by atoms with Gasteiger partial charge in [-0.3, -0.25) is 4.79 Å². The molecule has 0 radical (unpaired) electrons. The van der Waals surface area contributed by atoms with Gasteiger partial charge >= 0.3 is 0 Å². The van der Waals surface area contributed by atoms with Crippen LogP contribution in [0.3, 0.4) is 0 Å². The van der Waals surface area contributed by atoms with E-state index in [1.54, 1.807) is 13.2 Å². The van der Waals surface area contributed by atoms with Crippen molar-refractivity contribution < 1.29 is 13.9 Å². The molecular weight excluding hydrogens is 307 g/mol. The maximum Gasteiger partial charge on any atom is 0.268 e. The summed E-state index contributed by atoms with van der Waals surface area (Å²) >= 11 is 0. The predicted octanol–water partition coefficient (Wildman–Crippen LogP) is 3.60. The highest BCUT2D eigenvalue weighted by Gasteiger charge is 2.14. The van der Waals surface area contributed by atoms with Gasteiger partial charge in [0.15, 0.2) is 0 Å². The number of carbonyl (C=O) groups excluding carboxylic acids is 1. The molecule has 0 unspecified atom stereocenters. The zero-order chi connectivity index (χ0) is 17.1. The predicted molar refractivity (Wildman–Crippen MR) is 92.0 cm³/mol. The summed E-state index contributed by atoms with van der Waals surface area (Å²) in [4.78, 5) is 15.4. The number of H-pyrrole nitrogens is 1. The zero-order valence-corrected chi connectivity index (χ0v) is 13.7. The van der Waals surface area contributed by atoms with Crippen molar-refractivity contribution >= 4 is 16.8 Å². The molecule has 1 amide bonds. The molecule has 0 spiro atoms. The van der Waals surface area contributed by atoms with Gasteiger partial charge in [-0.05, 0) is 54.8 Å². The van der Waals surface area contributed by atoms with Crippen molar-refractivity contribution in [1.29, 1.82) is 0 Å². The molecule has 0 fully saturated rings. The van der Waals surface area contributed by atoms with Crippen LogP contribution < -0.4 is 10.1 Å². The van der Waals surface area contributed by atoms with E-state index in [1.165, 1.54) is 12.1 Å². The maximum atomic E-state index is 13.4. The van der Waals surface area contributed by atoms with Gasteiger partial charge in [-0.15, -0.1) is 0 Å². The Morgan fingerprint density at radius 3 is 2.88 bits per heavy atom. The Hall–Kier alpha value is -2.82. The molecule has 0 bridgehead atoms. The smallest absolute Gasteiger partial charge is 0.268 e. The van der Waals surface area contributed by atoms with Gasteiger partial charge in [0.2, 0.25) is 0 Å². The van der Waals surface area contributed by atoms with E-state index in [0.29, 0.717) is 18.7 Å². The van der Waals surface area contributed by atoms with Crippen LogP contribution in [-0.2, 0) is 6.42 Å². The molecule has 0 aliphatic rings. The molecule has 3 rings (SSSR count). The highest BCUT2D eigenvalue weighted by atomic mass is 19.1. The Bertz CT molecular complexity index is 886. The highest BCUT2D eigenvalue weighted by molar-refractivity contribution is 6.00. The molecule has 4 nitrogen and oxygen atoms in total. The Labute approximate surface area is 139 Å². The van der Waals surface area contributed by atoms with Crippen molar-refractivity contribution in [3.63, 3.8) is 0 Å². The Morgan fingerprint density at radius 1 is 1.25 bits per heavy atom. The summed E-state index contributed by atoms with van der Waals surface area (Å²) in [6, 6.07) is 12.2. The number of rotatable bonds is 5. The fraction of sp³-hybridized carbons (Fsp3) is 0.211. The summed E-state index contributed by atoms with van der Waals surface area (Å²) in [5.41, 5.74) is 3.07. The summed E-state index contributed by atoms with van der Waals surface area (Å²) in [6.45, 7) is 2.32. The number of amides is 1. The fourth-order valence-electron chi connectivity index (χ4n) is 2.76. The van der Waals surface area contributed by atoms with Crippen LogP contribution in [0, 0.1) is 12.7 Å². The van der Waals surface area contributed by atoms with Crippen LogP contribution >= 0.6 is 0 Å². The zero-order valence-electron chi connectivity index (χ0n) is 13.7. The molecule has 0 atom stereocenters. The van der Waals surface area contributed by atoms with Gasteiger partial charge < -0.3 is 15.0 Å². The third-order valence-corrected chi connectivity index (χ3v) is 4.08. The Morgan fingerprint density at radius 2 is 2.08 bits per heavy atom. The number of hydrogen-bond donors (Lipinski definition) is 2. The van der Waals surface area contributed by atoms with Gasteiger partial charge in [0.05, 0.1) is 7.11 Å². The Kier molecular flexibility index (Phi) is 4.51. The van der Waals surface area contributed by atoms with Crippen molar-refractivity contribution in [2.45, 2.75) is 13.3 Å². The number of aryl methyl sites for hydroxylation is 1. The van der Waals surface area contributed by atoms with Gasteiger partial charge in [-0.2, -0.15) is 0 Å². The minimum atomic E-state index is -0.311. The average Bonchev–Trinajstić information content (AvgIpc) is 2.91. The topological polar surface area (TPSA) is 54.1 Å². The third kappa shape index (κ3) is 3.25. The Balaban J connectivity index is 1.68. The first-order chi connectivity index (χ1) is 11.6. The van der Waals surface area contributed by atoms with E-state index >= 15 is 0 Å². The van der Waals surface area contributed by atoms with Crippen LogP contribution in [0.25, 0.3) is 10.9 Å². The quantitative estimate of drug-likeness (QED) is 0.753. The molecule has 124 valence electrons. The van der Waals surface area contributed by atoms with Crippen molar-refractivity contribution in [3.05, 3.63) is 65.1 Å². The van der Waals surface area contributed by atoms with Crippen LogP contribution in [-0.4, -0.2) is 24.5 Å². The molecule has 5 heteroatoms. The number of nitrogens with one attached hydrogen (secondary N) is 2. The number of aromatic amines is 1. The number of hydrogen-bond acceptors (Lipinski definition) is 2. The second kappa shape index (κ2) is 6.74. The van der Waals surface area contributed by atoms with Crippen LogP contribution in [0.1, 0.15) is 21.6 Å². The molecule has 24 heavy (non-hydrogen) atoms. The lowest BCUT2D eigenvalue weighted by molar-refractivity contribution is 0.0949. The molecule has 1 aromatic heterocycles. The normalized spacial score (nSPS) is 10.8. The number of carbonyl (C=O) groups is 1.